The molecule has 0 fully saturated rings. The second-order valence-corrected chi connectivity index (χ2v) is 1.50. The molecule has 1 rings (SSSR count). The first kappa shape index (κ1) is 4.81. The van der Waals surface area contributed by atoms with Gasteiger partial charge in [-0.2, -0.15) is 0 Å². The molecule has 0 aliphatic carbocycles. The monoisotopic (exact) mass is 98.1 g/mol. The summed E-state index contributed by atoms with van der Waals surface area (Å²) in [6.45, 7) is 1.06. The van der Waals surface area contributed by atoms with Crippen LogP contribution in [0.2, 0.25) is 0 Å². The Morgan fingerprint density at radius 1 is 1.86 bits per heavy atom. The molecule has 1 heterocycles. The van der Waals surface area contributed by atoms with E-state index >= 15 is 0 Å². The number of hydrogen-bond donors (Lipinski definition) is 0. The van der Waals surface area contributed by atoms with Crippen LogP contribution in [0.1, 0.15) is 0 Å². The van der Waals surface area contributed by atoms with Gasteiger partial charge in [-0.05, 0) is 0 Å². The summed E-state index contributed by atoms with van der Waals surface area (Å²) in [5.41, 5.74) is 6.82. The molecule has 2 nitrogen and oxygen atoms in total. The fraction of sp³-hybridized carbons (Fsp3) is 0.600. The number of hydrogen-bond acceptors (Lipinski definition) is 1. The maximum atomic E-state index is 6.82. The van der Waals surface area contributed by atoms with E-state index in [1.54, 1.807) is 0 Å². The van der Waals surface area contributed by atoms with Gasteiger partial charge in [0.25, 0.3) is 0 Å². The van der Waals surface area contributed by atoms with Gasteiger partial charge in [0, 0.05) is 6.54 Å². The highest BCUT2D eigenvalue weighted by atomic mass is 16.5. The van der Waals surface area contributed by atoms with E-state index in [4.69, 9.17) is 10.5 Å². The van der Waals surface area contributed by atoms with E-state index in [0.717, 1.165) is 0 Å². The van der Waals surface area contributed by atoms with Gasteiger partial charge in [-0.3, -0.25) is 5.73 Å². The normalized spacial score (nSPS) is 29.0. The average Bonchev–Trinajstić information content (AvgIpc) is 2.14. The lowest BCUT2D eigenvalue weighted by Gasteiger charge is -1.99. The van der Waals surface area contributed by atoms with Crippen LogP contribution in [0.25, 0.3) is 0 Å². The smallest absolute Gasteiger partial charge is 0.0899 e. The highest BCUT2D eigenvalue weighted by Gasteiger charge is 2.04. The van der Waals surface area contributed by atoms with Crippen molar-refractivity contribution < 1.29 is 4.74 Å². The van der Waals surface area contributed by atoms with Crippen LogP contribution in [0.3, 0.4) is 0 Å². The van der Waals surface area contributed by atoms with Crippen LogP contribution in [-0.4, -0.2) is 19.3 Å². The Morgan fingerprint density at radius 3 is 3.00 bits per heavy atom. The second-order valence-electron chi connectivity index (χ2n) is 1.50. The molecular weight excluding hydrogens is 90.1 g/mol. The highest BCUT2D eigenvalue weighted by Crippen LogP contribution is 1.99. The van der Waals surface area contributed by atoms with Crippen LogP contribution in [0, 0.1) is 0 Å². The minimum Gasteiger partial charge on any atom is -0.369 e. The quantitative estimate of drug-likeness (QED) is 0.432. The maximum absolute atomic E-state index is 6.82. The molecule has 1 aliphatic rings. The molecular formula is C5H8NO. The lowest BCUT2D eigenvalue weighted by Crippen LogP contribution is -2.10. The summed E-state index contributed by atoms with van der Waals surface area (Å²) < 4.78 is 5.00. The zero-order valence-electron chi connectivity index (χ0n) is 4.05. The van der Waals surface area contributed by atoms with Crippen molar-refractivity contribution in [2.24, 2.45) is 0 Å². The van der Waals surface area contributed by atoms with Crippen molar-refractivity contribution in [3.63, 3.8) is 0 Å². The zero-order chi connectivity index (χ0) is 5.11. The van der Waals surface area contributed by atoms with Crippen molar-refractivity contribution in [1.82, 2.24) is 5.73 Å². The molecule has 0 saturated carbocycles. The minimum atomic E-state index is 0.0833. The zero-order valence-corrected chi connectivity index (χ0v) is 4.05. The molecule has 1 radical (unpaired) electrons. The van der Waals surface area contributed by atoms with E-state index in [0.29, 0.717) is 13.2 Å². The van der Waals surface area contributed by atoms with Gasteiger partial charge in [-0.1, -0.05) is 12.2 Å². The molecule has 0 amide bonds. The summed E-state index contributed by atoms with van der Waals surface area (Å²) in [5, 5.41) is 0. The standard InChI is InChI=1S/C5H8NO/c6-4-5-2-1-3-7-5/h1-2,5-6H,3-4H2. The van der Waals surface area contributed by atoms with E-state index in [-0.39, 0.29) is 6.10 Å². The van der Waals surface area contributed by atoms with Crippen molar-refractivity contribution in [2.45, 2.75) is 6.10 Å². The van der Waals surface area contributed by atoms with Gasteiger partial charge in [-0.15, -0.1) is 0 Å². The van der Waals surface area contributed by atoms with Gasteiger partial charge in [-0.25, -0.2) is 0 Å². The van der Waals surface area contributed by atoms with Crippen LogP contribution in [0.15, 0.2) is 12.2 Å². The molecule has 0 aromatic heterocycles. The van der Waals surface area contributed by atoms with Crippen molar-refractivity contribution in [2.75, 3.05) is 13.2 Å². The Labute approximate surface area is 43.0 Å². The first-order chi connectivity index (χ1) is 3.43. The lowest BCUT2D eigenvalue weighted by molar-refractivity contribution is 0.133. The molecule has 0 aromatic carbocycles. The Kier molecular flexibility index (Phi) is 1.44. The third-order valence-corrected chi connectivity index (χ3v) is 0.958. The summed E-state index contributed by atoms with van der Waals surface area (Å²) in [7, 11) is 0. The number of rotatable bonds is 1. The molecule has 0 bridgehead atoms. The summed E-state index contributed by atoms with van der Waals surface area (Å²) >= 11 is 0. The van der Waals surface area contributed by atoms with E-state index in [1.807, 2.05) is 12.2 Å². The van der Waals surface area contributed by atoms with Gasteiger partial charge in [0.1, 0.15) is 0 Å². The third kappa shape index (κ3) is 1.01. The fourth-order valence-corrected chi connectivity index (χ4v) is 0.569. The molecule has 1 aliphatic heterocycles. The predicted octanol–water partition coefficient (Wildman–Crippen LogP) is 0.224. The largest absolute Gasteiger partial charge is 0.369 e. The number of nitrogens with one attached hydrogen (secondary N) is 1. The summed E-state index contributed by atoms with van der Waals surface area (Å²) in [5.74, 6) is 0. The topological polar surface area (TPSA) is 33.0 Å². The van der Waals surface area contributed by atoms with Crippen LogP contribution in [0.5, 0.6) is 0 Å². The van der Waals surface area contributed by atoms with Crippen molar-refractivity contribution in [3.8, 4) is 0 Å². The van der Waals surface area contributed by atoms with Crippen molar-refractivity contribution in [3.05, 3.63) is 12.2 Å². The lowest BCUT2D eigenvalue weighted by atomic mass is 10.4. The van der Waals surface area contributed by atoms with Crippen molar-refractivity contribution >= 4 is 0 Å². The van der Waals surface area contributed by atoms with E-state index in [2.05, 4.69) is 0 Å². The first-order valence-electron chi connectivity index (χ1n) is 2.36. The fourth-order valence-electron chi connectivity index (χ4n) is 0.569. The van der Waals surface area contributed by atoms with Gasteiger partial charge in [0.05, 0.1) is 12.7 Å². The Hall–Kier alpha value is -0.340. The first-order valence-corrected chi connectivity index (χ1v) is 2.36. The van der Waals surface area contributed by atoms with Crippen LogP contribution < -0.4 is 5.73 Å². The Bertz CT molecular complexity index is 80.1. The molecule has 0 aromatic rings. The van der Waals surface area contributed by atoms with E-state index < -0.39 is 0 Å². The van der Waals surface area contributed by atoms with Gasteiger partial charge < -0.3 is 4.74 Å². The average molecular weight is 98.1 g/mol. The minimum absolute atomic E-state index is 0.0833. The van der Waals surface area contributed by atoms with Gasteiger partial charge in [0.15, 0.2) is 0 Å². The van der Waals surface area contributed by atoms with Crippen LogP contribution in [-0.2, 0) is 4.74 Å². The maximum Gasteiger partial charge on any atom is 0.0899 e. The highest BCUT2D eigenvalue weighted by molar-refractivity contribution is 4.95. The van der Waals surface area contributed by atoms with Gasteiger partial charge in [0.2, 0.25) is 0 Å². The SMILES string of the molecule is [NH]CC1C=CCO1. The summed E-state index contributed by atoms with van der Waals surface area (Å²) in [6.07, 6.45) is 3.95. The van der Waals surface area contributed by atoms with Gasteiger partial charge >= 0.3 is 0 Å². The molecule has 39 valence electrons. The van der Waals surface area contributed by atoms with E-state index in [9.17, 15) is 0 Å². The summed E-state index contributed by atoms with van der Waals surface area (Å²) in [6, 6.07) is 0. The summed E-state index contributed by atoms with van der Waals surface area (Å²) in [4.78, 5) is 0. The molecule has 0 spiro atoms. The molecule has 1 N–H and O–H groups in total. The Balaban J connectivity index is 2.28. The molecule has 2 heteroatoms. The molecule has 0 saturated heterocycles. The molecule has 1 unspecified atom stereocenters. The van der Waals surface area contributed by atoms with E-state index in [1.165, 1.54) is 0 Å². The Morgan fingerprint density at radius 2 is 2.71 bits per heavy atom. The predicted molar refractivity (Wildman–Crippen MR) is 26.8 cm³/mol. The molecule has 7 heavy (non-hydrogen) atoms. The molecule has 1 atom stereocenters. The number of ether oxygens (including phenoxy) is 1. The van der Waals surface area contributed by atoms with Crippen LogP contribution in [0.4, 0.5) is 0 Å². The second kappa shape index (κ2) is 2.09. The van der Waals surface area contributed by atoms with Crippen molar-refractivity contribution in [1.29, 1.82) is 0 Å². The third-order valence-electron chi connectivity index (χ3n) is 0.958. The van der Waals surface area contributed by atoms with Crippen LogP contribution >= 0.6 is 0 Å².